The third-order valence-electron chi connectivity index (χ3n) is 7.33. The molecule has 0 saturated carbocycles. The van der Waals surface area contributed by atoms with E-state index in [0.29, 0.717) is 79.6 Å². The van der Waals surface area contributed by atoms with Crippen molar-refractivity contribution in [1.29, 1.82) is 0 Å². The summed E-state index contributed by atoms with van der Waals surface area (Å²) < 4.78 is 30.0. The molecule has 0 spiro atoms. The zero-order valence-corrected chi connectivity index (χ0v) is 23.9. The molecular weight excluding hydrogens is 531 g/mol. The topological polar surface area (TPSA) is 101 Å². The smallest absolute Gasteiger partial charge is 0.338 e. The maximum Gasteiger partial charge on any atom is 0.338 e. The van der Waals surface area contributed by atoms with Crippen molar-refractivity contribution in [2.24, 2.45) is 0 Å². The summed E-state index contributed by atoms with van der Waals surface area (Å²) in [5, 5.41) is 2.97. The van der Waals surface area contributed by atoms with E-state index in [-0.39, 0.29) is 18.5 Å². The van der Waals surface area contributed by atoms with Gasteiger partial charge in [0.2, 0.25) is 0 Å². The van der Waals surface area contributed by atoms with Gasteiger partial charge < -0.3 is 24.4 Å². The molecule has 1 saturated heterocycles. The predicted octanol–water partition coefficient (Wildman–Crippen LogP) is 3.59. The fourth-order valence-electron chi connectivity index (χ4n) is 5.35. The van der Waals surface area contributed by atoms with E-state index in [0.717, 1.165) is 0 Å². The molecule has 10 nitrogen and oxygen atoms in total. The largest absolute Gasteiger partial charge is 0.493 e. The van der Waals surface area contributed by atoms with Crippen LogP contribution in [-0.2, 0) is 9.53 Å². The second kappa shape index (κ2) is 13.5. The molecule has 1 fully saturated rings. The molecule has 3 amide bonds. The van der Waals surface area contributed by atoms with Crippen molar-refractivity contribution >= 4 is 17.9 Å². The summed E-state index contributed by atoms with van der Waals surface area (Å²) in [5.74, 6) is -0.193. The number of hydrogen-bond acceptors (Lipinski definition) is 7. The molecule has 2 aliphatic rings. The van der Waals surface area contributed by atoms with Gasteiger partial charge in [-0.05, 0) is 50.6 Å². The van der Waals surface area contributed by atoms with E-state index in [4.69, 9.17) is 14.2 Å². The SMILES string of the molecule is CCOC(=O)C1=C(CN2CCCN(C(=O)c3ccc(F)cc3)CC2)N(CC)C(=O)NC1c1cccc(OC)c1OC. The van der Waals surface area contributed by atoms with Crippen LogP contribution in [0.25, 0.3) is 0 Å². The lowest BCUT2D eigenvalue weighted by molar-refractivity contribution is -0.139. The first-order valence-electron chi connectivity index (χ1n) is 13.8. The first kappa shape index (κ1) is 29.9. The molecule has 41 heavy (non-hydrogen) atoms. The quantitative estimate of drug-likeness (QED) is 0.462. The minimum atomic E-state index is -0.826. The van der Waals surface area contributed by atoms with E-state index in [1.54, 1.807) is 34.9 Å². The number of benzene rings is 2. The standard InChI is InChI=1S/C30H37FN4O6/c1-5-35-23(19-33-15-8-16-34(18-17-33)28(36)20-11-13-21(31)14-12-20)25(29(37)41-6-2)26(32-30(35)38)22-9-7-10-24(39-3)27(22)40-4/h7,9-14,26H,5-6,8,15-19H2,1-4H3,(H,32,38). The Labute approximate surface area is 239 Å². The van der Waals surface area contributed by atoms with Gasteiger partial charge in [0.05, 0.1) is 32.4 Å². The van der Waals surface area contributed by atoms with Crippen LogP contribution in [0.3, 0.4) is 0 Å². The number of rotatable bonds is 9. The van der Waals surface area contributed by atoms with Crippen LogP contribution in [0.1, 0.15) is 42.2 Å². The number of carbonyl (C=O) groups excluding carboxylic acids is 3. The number of nitrogens with one attached hydrogen (secondary N) is 1. The maximum atomic E-state index is 13.5. The van der Waals surface area contributed by atoms with Crippen molar-refractivity contribution in [2.75, 3.05) is 60.1 Å². The highest BCUT2D eigenvalue weighted by molar-refractivity contribution is 5.96. The average molecular weight is 569 g/mol. The number of hydrogen-bond donors (Lipinski definition) is 1. The van der Waals surface area contributed by atoms with Gasteiger partial charge in [0.15, 0.2) is 11.5 Å². The van der Waals surface area contributed by atoms with E-state index >= 15 is 0 Å². The Morgan fingerprint density at radius 2 is 1.76 bits per heavy atom. The molecule has 2 aromatic carbocycles. The molecule has 0 aromatic heterocycles. The molecule has 4 rings (SSSR count). The second-order valence-corrected chi connectivity index (χ2v) is 9.72. The van der Waals surface area contributed by atoms with Gasteiger partial charge in [-0.25, -0.2) is 14.0 Å². The molecule has 0 aliphatic carbocycles. The number of para-hydroxylation sites is 1. The number of esters is 1. The monoisotopic (exact) mass is 568 g/mol. The summed E-state index contributed by atoms with van der Waals surface area (Å²) in [4.78, 5) is 45.4. The first-order chi connectivity index (χ1) is 19.8. The number of carbonyl (C=O) groups is 3. The molecule has 0 bridgehead atoms. The minimum absolute atomic E-state index is 0.157. The van der Waals surface area contributed by atoms with Gasteiger partial charge in [0.25, 0.3) is 5.91 Å². The third-order valence-corrected chi connectivity index (χ3v) is 7.33. The zero-order valence-electron chi connectivity index (χ0n) is 23.9. The summed E-state index contributed by atoms with van der Waals surface area (Å²) in [6, 6.07) is 9.68. The second-order valence-electron chi connectivity index (χ2n) is 9.72. The van der Waals surface area contributed by atoms with Crippen LogP contribution < -0.4 is 14.8 Å². The summed E-state index contributed by atoms with van der Waals surface area (Å²) in [5.41, 5.74) is 1.87. The summed E-state index contributed by atoms with van der Waals surface area (Å²) in [7, 11) is 3.03. The molecular formula is C30H37FN4O6. The lowest BCUT2D eigenvalue weighted by Crippen LogP contribution is -2.51. The van der Waals surface area contributed by atoms with Crippen LogP contribution in [0.4, 0.5) is 9.18 Å². The molecule has 0 radical (unpaired) electrons. The van der Waals surface area contributed by atoms with Gasteiger partial charge in [-0.2, -0.15) is 0 Å². The first-order valence-corrected chi connectivity index (χ1v) is 13.8. The van der Waals surface area contributed by atoms with Crippen LogP contribution in [0.15, 0.2) is 53.7 Å². The lowest BCUT2D eigenvalue weighted by atomic mass is 9.93. The van der Waals surface area contributed by atoms with Gasteiger partial charge in [-0.15, -0.1) is 0 Å². The molecule has 1 unspecified atom stereocenters. The Balaban J connectivity index is 1.67. The van der Waals surface area contributed by atoms with Crippen molar-refractivity contribution in [3.8, 4) is 11.5 Å². The number of nitrogens with zero attached hydrogens (tertiary/aromatic N) is 3. The number of methoxy groups -OCH3 is 2. The number of urea groups is 1. The van der Waals surface area contributed by atoms with Crippen LogP contribution in [0.2, 0.25) is 0 Å². The Bertz CT molecular complexity index is 1300. The number of amides is 3. The summed E-state index contributed by atoms with van der Waals surface area (Å²) in [6.45, 7) is 6.56. The zero-order chi connectivity index (χ0) is 29.5. The molecule has 1 atom stereocenters. The van der Waals surface area contributed by atoms with Crippen molar-refractivity contribution in [1.82, 2.24) is 20.0 Å². The lowest BCUT2D eigenvalue weighted by Gasteiger charge is -2.38. The van der Waals surface area contributed by atoms with Gasteiger partial charge in [-0.1, -0.05) is 12.1 Å². The van der Waals surface area contributed by atoms with E-state index in [1.165, 1.54) is 38.5 Å². The van der Waals surface area contributed by atoms with Crippen molar-refractivity contribution in [3.05, 3.63) is 70.7 Å². The number of ether oxygens (including phenoxy) is 3. The van der Waals surface area contributed by atoms with Crippen molar-refractivity contribution in [2.45, 2.75) is 26.3 Å². The van der Waals surface area contributed by atoms with Crippen molar-refractivity contribution < 1.29 is 33.0 Å². The Hall–Kier alpha value is -4.12. The van der Waals surface area contributed by atoms with Crippen LogP contribution in [0.5, 0.6) is 11.5 Å². The molecule has 2 aliphatic heterocycles. The molecule has 220 valence electrons. The molecule has 11 heteroatoms. The van der Waals surface area contributed by atoms with E-state index in [1.807, 2.05) is 6.92 Å². The molecule has 1 N–H and O–H groups in total. The Kier molecular flexibility index (Phi) is 9.82. The number of likely N-dealkylation sites (N-methyl/N-ethyl adjacent to an activating group) is 1. The highest BCUT2D eigenvalue weighted by Crippen LogP contribution is 2.40. The fourth-order valence-corrected chi connectivity index (χ4v) is 5.35. The van der Waals surface area contributed by atoms with E-state index in [2.05, 4.69) is 10.2 Å². The summed E-state index contributed by atoms with van der Waals surface area (Å²) in [6.07, 6.45) is 0.695. The molecule has 2 aromatic rings. The normalized spacial score (nSPS) is 18.1. The maximum absolute atomic E-state index is 13.5. The van der Waals surface area contributed by atoms with Crippen LogP contribution in [-0.4, -0.2) is 92.7 Å². The highest BCUT2D eigenvalue weighted by atomic mass is 19.1. The third kappa shape index (κ3) is 6.45. The fraction of sp³-hybridized carbons (Fsp3) is 0.433. The van der Waals surface area contributed by atoms with E-state index in [9.17, 15) is 18.8 Å². The Morgan fingerprint density at radius 3 is 2.41 bits per heavy atom. The highest BCUT2D eigenvalue weighted by Gasteiger charge is 2.40. The minimum Gasteiger partial charge on any atom is -0.493 e. The molecule has 2 heterocycles. The average Bonchev–Trinajstić information content (AvgIpc) is 3.22. The van der Waals surface area contributed by atoms with Gasteiger partial charge in [-0.3, -0.25) is 14.6 Å². The van der Waals surface area contributed by atoms with Gasteiger partial charge in [0.1, 0.15) is 5.82 Å². The Morgan fingerprint density at radius 1 is 1.00 bits per heavy atom. The predicted molar refractivity (Wildman–Crippen MR) is 150 cm³/mol. The van der Waals surface area contributed by atoms with Gasteiger partial charge >= 0.3 is 12.0 Å². The van der Waals surface area contributed by atoms with Crippen LogP contribution in [0, 0.1) is 5.82 Å². The summed E-state index contributed by atoms with van der Waals surface area (Å²) >= 11 is 0. The number of halogens is 1. The van der Waals surface area contributed by atoms with Crippen molar-refractivity contribution in [3.63, 3.8) is 0 Å². The van der Waals surface area contributed by atoms with Gasteiger partial charge in [0, 0.05) is 56.1 Å². The van der Waals surface area contributed by atoms with E-state index < -0.39 is 17.8 Å². The van der Waals surface area contributed by atoms with Crippen LogP contribution >= 0.6 is 0 Å².